The van der Waals surface area contributed by atoms with E-state index >= 15 is 0 Å². The van der Waals surface area contributed by atoms with Crippen molar-refractivity contribution in [3.05, 3.63) is 23.8 Å². The maximum atomic E-state index is 11.6. The summed E-state index contributed by atoms with van der Waals surface area (Å²) >= 11 is 0. The second-order valence-electron chi connectivity index (χ2n) is 8.75. The van der Waals surface area contributed by atoms with Gasteiger partial charge >= 0.3 is 0 Å². The normalized spacial score (nSPS) is 26.4. The van der Waals surface area contributed by atoms with Crippen LogP contribution in [0.3, 0.4) is 0 Å². The zero-order valence-corrected chi connectivity index (χ0v) is 18.1. The monoisotopic (exact) mass is 404 g/mol. The molecule has 2 aliphatic rings. The summed E-state index contributed by atoms with van der Waals surface area (Å²) in [6, 6.07) is 5.34. The van der Waals surface area contributed by atoms with Gasteiger partial charge in [-0.15, -0.1) is 0 Å². The van der Waals surface area contributed by atoms with Crippen LogP contribution in [0, 0.1) is 0 Å². The molecule has 1 heterocycles. The van der Waals surface area contributed by atoms with Gasteiger partial charge in [0.25, 0.3) is 0 Å². The van der Waals surface area contributed by atoms with Crippen LogP contribution >= 0.6 is 0 Å². The molecule has 0 radical (unpaired) electrons. The lowest BCUT2D eigenvalue weighted by molar-refractivity contribution is -0.0398. The highest BCUT2D eigenvalue weighted by molar-refractivity contribution is 5.95. The van der Waals surface area contributed by atoms with E-state index in [1.54, 1.807) is 32.2 Å². The van der Waals surface area contributed by atoms with Crippen molar-refractivity contribution >= 4 is 11.5 Å². The number of nitrogens with one attached hydrogen (secondary N) is 1. The molecule has 1 aromatic carbocycles. The van der Waals surface area contributed by atoms with Crippen LogP contribution in [-0.4, -0.2) is 66.9 Å². The number of aromatic hydroxyl groups is 1. The third-order valence-corrected chi connectivity index (χ3v) is 6.67. The van der Waals surface area contributed by atoms with Crippen molar-refractivity contribution in [2.24, 2.45) is 0 Å². The predicted molar refractivity (Wildman–Crippen MR) is 115 cm³/mol. The number of Topliss-reactive ketones (excluding diaryl/α,β-unsaturated/α-hetero) is 1. The molecule has 0 bridgehead atoms. The van der Waals surface area contributed by atoms with Gasteiger partial charge in [-0.1, -0.05) is 0 Å². The van der Waals surface area contributed by atoms with E-state index in [9.17, 15) is 9.90 Å². The minimum absolute atomic E-state index is 0.0117. The first-order chi connectivity index (χ1) is 13.9. The van der Waals surface area contributed by atoms with Gasteiger partial charge in [0.1, 0.15) is 5.75 Å². The van der Waals surface area contributed by atoms with E-state index < -0.39 is 0 Å². The first-order valence-electron chi connectivity index (χ1n) is 10.9. The number of piperidine rings is 1. The van der Waals surface area contributed by atoms with E-state index in [0.29, 0.717) is 36.6 Å². The Bertz CT molecular complexity index is 677. The summed E-state index contributed by atoms with van der Waals surface area (Å²) < 4.78 is 11.0. The number of nitrogens with zero attached hydrogens (tertiary/aromatic N) is 1. The highest BCUT2D eigenvalue weighted by Crippen LogP contribution is 2.37. The van der Waals surface area contributed by atoms with Crippen molar-refractivity contribution in [1.82, 2.24) is 4.90 Å². The number of ketones is 1. The van der Waals surface area contributed by atoms with Crippen molar-refractivity contribution in [1.29, 1.82) is 0 Å². The average Bonchev–Trinajstić information content (AvgIpc) is 2.72. The minimum atomic E-state index is 0.0117. The molecular weight excluding hydrogens is 368 g/mol. The SMILES string of the molecule is COCCOC1CCC(C)(N2CCC(Nc3cc(C(C)=O)ccc3O)CC2)CC1. The fraction of sp³-hybridized carbons (Fsp3) is 0.696. The van der Waals surface area contributed by atoms with Crippen LogP contribution in [-0.2, 0) is 9.47 Å². The molecule has 2 N–H and O–H groups in total. The van der Waals surface area contributed by atoms with Crippen molar-refractivity contribution in [2.75, 3.05) is 38.7 Å². The first kappa shape index (κ1) is 22.1. The fourth-order valence-corrected chi connectivity index (χ4v) is 4.65. The number of anilines is 1. The van der Waals surface area contributed by atoms with E-state index in [-0.39, 0.29) is 17.1 Å². The molecule has 0 spiro atoms. The number of phenols is 1. The third kappa shape index (κ3) is 5.71. The standard InChI is InChI=1S/C23H36N2O4/c1-17(26)18-4-5-22(27)21(16-18)24-19-8-12-25(13-9-19)23(2)10-6-20(7-11-23)29-15-14-28-3/h4-5,16,19-20,24,27H,6-15H2,1-3H3. The molecule has 2 fully saturated rings. The number of methoxy groups -OCH3 is 1. The maximum absolute atomic E-state index is 11.6. The Morgan fingerprint density at radius 2 is 1.90 bits per heavy atom. The van der Waals surface area contributed by atoms with Crippen LogP contribution < -0.4 is 5.32 Å². The summed E-state index contributed by atoms with van der Waals surface area (Å²) in [7, 11) is 1.71. The number of carbonyl (C=O) groups excluding carboxylic acids is 1. The van der Waals surface area contributed by atoms with Gasteiger partial charge in [0, 0.05) is 37.3 Å². The summed E-state index contributed by atoms with van der Waals surface area (Å²) in [5.74, 6) is 0.216. The second-order valence-corrected chi connectivity index (χ2v) is 8.75. The summed E-state index contributed by atoms with van der Waals surface area (Å²) in [5, 5.41) is 13.6. The lowest BCUT2D eigenvalue weighted by atomic mass is 9.79. The van der Waals surface area contributed by atoms with Crippen LogP contribution in [0.15, 0.2) is 18.2 Å². The molecule has 0 atom stereocenters. The zero-order valence-electron chi connectivity index (χ0n) is 18.1. The number of phenolic OH excluding ortho intramolecular Hbond substituents is 1. The first-order valence-corrected chi connectivity index (χ1v) is 10.9. The lowest BCUT2D eigenvalue weighted by Gasteiger charge is -2.48. The van der Waals surface area contributed by atoms with E-state index in [2.05, 4.69) is 17.1 Å². The Labute approximate surface area is 174 Å². The molecular formula is C23H36N2O4. The molecule has 6 nitrogen and oxygen atoms in total. The zero-order chi connectivity index (χ0) is 20.9. The van der Waals surface area contributed by atoms with E-state index in [0.717, 1.165) is 38.8 Å². The van der Waals surface area contributed by atoms with Crippen molar-refractivity contribution in [3.8, 4) is 5.75 Å². The Morgan fingerprint density at radius 3 is 2.52 bits per heavy atom. The summed E-state index contributed by atoms with van der Waals surface area (Å²) in [6.45, 7) is 7.40. The Kier molecular flexibility index (Phi) is 7.55. The van der Waals surface area contributed by atoms with Gasteiger partial charge in [-0.3, -0.25) is 9.69 Å². The molecule has 1 saturated heterocycles. The molecule has 0 aromatic heterocycles. The van der Waals surface area contributed by atoms with Crippen LogP contribution in [0.4, 0.5) is 5.69 Å². The molecule has 1 saturated carbocycles. The van der Waals surface area contributed by atoms with Gasteiger partial charge in [0.2, 0.25) is 0 Å². The van der Waals surface area contributed by atoms with Gasteiger partial charge in [-0.25, -0.2) is 0 Å². The number of hydrogen-bond acceptors (Lipinski definition) is 6. The molecule has 1 aromatic rings. The third-order valence-electron chi connectivity index (χ3n) is 6.67. The van der Waals surface area contributed by atoms with Gasteiger partial charge in [-0.2, -0.15) is 0 Å². The molecule has 6 heteroatoms. The number of ether oxygens (including phenoxy) is 2. The number of likely N-dealkylation sites (tertiary alicyclic amines) is 1. The molecule has 0 unspecified atom stereocenters. The number of carbonyl (C=O) groups is 1. The van der Waals surface area contributed by atoms with Crippen LogP contribution in [0.2, 0.25) is 0 Å². The van der Waals surface area contributed by atoms with Crippen LogP contribution in [0.1, 0.15) is 62.7 Å². The molecule has 1 aliphatic carbocycles. The second kappa shape index (κ2) is 9.92. The highest BCUT2D eigenvalue weighted by Gasteiger charge is 2.38. The Hall–Kier alpha value is -1.63. The summed E-state index contributed by atoms with van der Waals surface area (Å²) in [4.78, 5) is 14.3. The van der Waals surface area contributed by atoms with E-state index in [1.807, 2.05) is 0 Å². The molecule has 162 valence electrons. The largest absolute Gasteiger partial charge is 0.506 e. The highest BCUT2D eigenvalue weighted by atomic mass is 16.5. The maximum Gasteiger partial charge on any atom is 0.159 e. The smallest absolute Gasteiger partial charge is 0.159 e. The Balaban J connectivity index is 1.48. The number of benzene rings is 1. The van der Waals surface area contributed by atoms with Crippen molar-refractivity contribution in [3.63, 3.8) is 0 Å². The Morgan fingerprint density at radius 1 is 1.21 bits per heavy atom. The van der Waals surface area contributed by atoms with Crippen LogP contribution in [0.5, 0.6) is 5.75 Å². The predicted octanol–water partition coefficient (Wildman–Crippen LogP) is 3.84. The van der Waals surface area contributed by atoms with E-state index in [4.69, 9.17) is 9.47 Å². The minimum Gasteiger partial charge on any atom is -0.506 e. The van der Waals surface area contributed by atoms with Gasteiger partial charge in [0.15, 0.2) is 5.78 Å². The fourth-order valence-electron chi connectivity index (χ4n) is 4.65. The molecule has 29 heavy (non-hydrogen) atoms. The van der Waals surface area contributed by atoms with Gasteiger partial charge in [0.05, 0.1) is 25.0 Å². The van der Waals surface area contributed by atoms with Crippen molar-refractivity contribution < 1.29 is 19.4 Å². The summed E-state index contributed by atoms with van der Waals surface area (Å²) in [6.07, 6.45) is 7.01. The van der Waals surface area contributed by atoms with Gasteiger partial charge in [-0.05, 0) is 70.6 Å². The number of hydrogen-bond donors (Lipinski definition) is 2. The molecule has 1 aliphatic heterocycles. The lowest BCUT2D eigenvalue weighted by Crippen LogP contribution is -2.53. The molecule has 3 rings (SSSR count). The van der Waals surface area contributed by atoms with E-state index in [1.165, 1.54) is 12.8 Å². The molecule has 0 amide bonds. The average molecular weight is 405 g/mol. The number of rotatable bonds is 8. The summed E-state index contributed by atoms with van der Waals surface area (Å²) in [5.41, 5.74) is 1.54. The topological polar surface area (TPSA) is 71.0 Å². The van der Waals surface area contributed by atoms with Gasteiger partial charge < -0.3 is 19.9 Å². The quantitative estimate of drug-likeness (QED) is 0.390. The van der Waals surface area contributed by atoms with Crippen LogP contribution in [0.25, 0.3) is 0 Å². The van der Waals surface area contributed by atoms with Crippen molar-refractivity contribution in [2.45, 2.75) is 70.1 Å².